The molecule has 0 amide bonds. The van der Waals surface area contributed by atoms with Crippen molar-refractivity contribution in [3.63, 3.8) is 0 Å². The third kappa shape index (κ3) is 2.56. The van der Waals surface area contributed by atoms with Crippen molar-refractivity contribution in [2.45, 2.75) is 18.2 Å². The van der Waals surface area contributed by atoms with E-state index in [-0.39, 0.29) is 0 Å². The van der Waals surface area contributed by atoms with Crippen LogP contribution < -0.4 is 0 Å². The quantitative estimate of drug-likeness (QED) is 0.827. The van der Waals surface area contributed by atoms with Gasteiger partial charge in [-0.2, -0.15) is 0 Å². The maximum Gasteiger partial charge on any atom is 0.335 e. The Morgan fingerprint density at radius 2 is 2.00 bits per heavy atom. The average molecular weight is 243 g/mol. The lowest BCUT2D eigenvalue weighted by Crippen LogP contribution is -1.96. The summed E-state index contributed by atoms with van der Waals surface area (Å²) in [5, 5.41) is 8.66. The van der Waals surface area contributed by atoms with Crippen molar-refractivity contribution in [3.05, 3.63) is 35.4 Å². The van der Waals surface area contributed by atoms with E-state index in [1.54, 1.807) is 12.1 Å². The molecular weight excluding hydrogens is 232 g/mol. The van der Waals surface area contributed by atoms with Gasteiger partial charge in [-0.15, -0.1) is 0 Å². The summed E-state index contributed by atoms with van der Waals surface area (Å²) in [4.78, 5) is 10.9. The van der Waals surface area contributed by atoms with Gasteiger partial charge in [0.1, 0.15) is 0 Å². The lowest BCUT2D eigenvalue weighted by Gasteiger charge is -2.06. The second-order valence-electron chi connectivity index (χ2n) is 2.80. The number of hydrogen-bond donors (Lipinski definition) is 1. The Hall–Kier alpha value is -0.830. The van der Waals surface area contributed by atoms with Gasteiger partial charge in [0.15, 0.2) is 0 Å². The Kier molecular flexibility index (Phi) is 3.48. The second kappa shape index (κ2) is 4.42. The molecule has 1 atom stereocenters. The van der Waals surface area contributed by atoms with Crippen molar-refractivity contribution < 1.29 is 9.90 Å². The summed E-state index contributed by atoms with van der Waals surface area (Å²) in [6, 6.07) is 6.93. The topological polar surface area (TPSA) is 37.3 Å². The Morgan fingerprint density at radius 1 is 1.46 bits per heavy atom. The molecule has 1 rings (SSSR count). The van der Waals surface area contributed by atoms with Crippen molar-refractivity contribution in [1.29, 1.82) is 0 Å². The van der Waals surface area contributed by atoms with Gasteiger partial charge in [-0.3, -0.25) is 0 Å². The zero-order chi connectivity index (χ0) is 9.84. The van der Waals surface area contributed by atoms with Gasteiger partial charge >= 0.3 is 5.97 Å². The molecule has 0 aliphatic heterocycles. The molecule has 1 aromatic rings. The molecule has 1 aromatic carbocycles. The highest BCUT2D eigenvalue weighted by Crippen LogP contribution is 2.25. The number of carboxylic acids is 1. The van der Waals surface area contributed by atoms with E-state index < -0.39 is 5.97 Å². The number of benzene rings is 1. The molecule has 0 saturated carbocycles. The lowest BCUT2D eigenvalue weighted by atomic mass is 10.1. The van der Waals surface area contributed by atoms with Crippen LogP contribution in [0.2, 0.25) is 0 Å². The van der Waals surface area contributed by atoms with Crippen molar-refractivity contribution in [1.82, 2.24) is 0 Å². The predicted octanol–water partition coefficient (Wildman–Crippen LogP) is 3.23. The highest BCUT2D eigenvalue weighted by molar-refractivity contribution is 9.09. The normalized spacial score (nSPS) is 12.5. The maximum absolute atomic E-state index is 10.5. The van der Waals surface area contributed by atoms with Gasteiger partial charge < -0.3 is 5.11 Å². The van der Waals surface area contributed by atoms with E-state index >= 15 is 0 Å². The van der Waals surface area contributed by atoms with Gasteiger partial charge in [0, 0.05) is 4.83 Å². The number of alkyl halides is 1. The third-order valence-corrected chi connectivity index (χ3v) is 3.05. The van der Waals surface area contributed by atoms with Crippen LogP contribution in [0.15, 0.2) is 24.3 Å². The smallest absolute Gasteiger partial charge is 0.335 e. The Labute approximate surface area is 85.7 Å². The van der Waals surface area contributed by atoms with Gasteiger partial charge in [0.2, 0.25) is 0 Å². The summed E-state index contributed by atoms with van der Waals surface area (Å²) in [6.07, 6.45) is 0.992. The largest absolute Gasteiger partial charge is 0.478 e. The van der Waals surface area contributed by atoms with Gasteiger partial charge in [-0.25, -0.2) is 4.79 Å². The summed E-state index contributed by atoms with van der Waals surface area (Å²) in [5.74, 6) is -0.880. The molecule has 2 nitrogen and oxygen atoms in total. The highest BCUT2D eigenvalue weighted by atomic mass is 79.9. The van der Waals surface area contributed by atoms with Crippen LogP contribution in [0.25, 0.3) is 0 Å². The third-order valence-electron chi connectivity index (χ3n) is 1.88. The minimum Gasteiger partial charge on any atom is -0.478 e. The molecular formula is C10H11BrO2. The number of hydrogen-bond acceptors (Lipinski definition) is 1. The number of carboxylic acid groups (broad SMARTS) is 1. The van der Waals surface area contributed by atoms with Crippen LogP contribution in [0.4, 0.5) is 0 Å². The summed E-state index contributed by atoms with van der Waals surface area (Å²) < 4.78 is 0. The molecule has 13 heavy (non-hydrogen) atoms. The van der Waals surface area contributed by atoms with Crippen LogP contribution in [0.1, 0.15) is 34.1 Å². The zero-order valence-corrected chi connectivity index (χ0v) is 8.91. The van der Waals surface area contributed by atoms with Crippen molar-refractivity contribution >= 4 is 21.9 Å². The fourth-order valence-electron chi connectivity index (χ4n) is 1.07. The average Bonchev–Trinajstić information content (AvgIpc) is 2.17. The van der Waals surface area contributed by atoms with Gasteiger partial charge in [0.25, 0.3) is 0 Å². The summed E-state index contributed by atoms with van der Waals surface area (Å²) in [7, 11) is 0. The van der Waals surface area contributed by atoms with E-state index in [0.29, 0.717) is 10.4 Å². The number of rotatable bonds is 3. The molecule has 3 heteroatoms. The highest BCUT2D eigenvalue weighted by Gasteiger charge is 2.06. The molecule has 0 aliphatic rings. The van der Waals surface area contributed by atoms with Gasteiger partial charge in [0.05, 0.1) is 5.56 Å². The summed E-state index contributed by atoms with van der Waals surface area (Å²) in [6.45, 7) is 2.07. The number of aromatic carboxylic acids is 1. The zero-order valence-electron chi connectivity index (χ0n) is 7.33. The van der Waals surface area contributed by atoms with Crippen molar-refractivity contribution in [3.8, 4) is 0 Å². The van der Waals surface area contributed by atoms with E-state index in [2.05, 4.69) is 22.9 Å². The molecule has 0 radical (unpaired) electrons. The molecule has 0 spiro atoms. The Bertz CT molecular complexity index is 292. The number of carbonyl (C=O) groups is 1. The minimum absolute atomic E-state index is 0.315. The lowest BCUT2D eigenvalue weighted by molar-refractivity contribution is 0.0697. The van der Waals surface area contributed by atoms with Crippen LogP contribution >= 0.6 is 15.9 Å². The van der Waals surface area contributed by atoms with Gasteiger partial charge in [-0.1, -0.05) is 35.0 Å². The van der Waals surface area contributed by atoms with Crippen LogP contribution in [-0.4, -0.2) is 11.1 Å². The maximum atomic E-state index is 10.5. The first kappa shape index (κ1) is 10.3. The Balaban J connectivity index is 2.87. The first-order chi connectivity index (χ1) is 6.15. The van der Waals surface area contributed by atoms with Crippen LogP contribution in [0.3, 0.4) is 0 Å². The van der Waals surface area contributed by atoms with Crippen LogP contribution in [0, 0.1) is 0 Å². The van der Waals surface area contributed by atoms with Crippen molar-refractivity contribution in [2.75, 3.05) is 0 Å². The van der Waals surface area contributed by atoms with E-state index in [9.17, 15) is 4.79 Å². The standard InChI is InChI=1S/C10H11BrO2/c1-2-9(11)7-3-5-8(6-4-7)10(12)13/h3-6,9H,2H2,1H3,(H,12,13). The molecule has 0 bridgehead atoms. The fourth-order valence-corrected chi connectivity index (χ4v) is 1.38. The molecule has 1 unspecified atom stereocenters. The van der Waals surface area contributed by atoms with Crippen LogP contribution in [0.5, 0.6) is 0 Å². The van der Waals surface area contributed by atoms with E-state index in [1.807, 2.05) is 12.1 Å². The fraction of sp³-hybridized carbons (Fsp3) is 0.300. The minimum atomic E-state index is -0.880. The van der Waals surface area contributed by atoms with Crippen molar-refractivity contribution in [2.24, 2.45) is 0 Å². The van der Waals surface area contributed by atoms with E-state index in [4.69, 9.17) is 5.11 Å². The second-order valence-corrected chi connectivity index (χ2v) is 3.91. The molecule has 0 aliphatic carbocycles. The summed E-state index contributed by atoms with van der Waals surface area (Å²) >= 11 is 3.50. The molecule has 0 aromatic heterocycles. The summed E-state index contributed by atoms with van der Waals surface area (Å²) in [5.41, 5.74) is 1.45. The van der Waals surface area contributed by atoms with Gasteiger partial charge in [-0.05, 0) is 24.1 Å². The first-order valence-corrected chi connectivity index (χ1v) is 5.04. The van der Waals surface area contributed by atoms with Crippen LogP contribution in [-0.2, 0) is 0 Å². The molecule has 70 valence electrons. The molecule has 0 heterocycles. The molecule has 0 fully saturated rings. The van der Waals surface area contributed by atoms with E-state index in [1.165, 1.54) is 0 Å². The van der Waals surface area contributed by atoms with E-state index in [0.717, 1.165) is 12.0 Å². The molecule has 1 N–H and O–H groups in total. The number of halogens is 1. The first-order valence-electron chi connectivity index (χ1n) is 4.12. The Morgan fingerprint density at radius 3 is 2.38 bits per heavy atom. The molecule has 0 saturated heterocycles. The monoisotopic (exact) mass is 242 g/mol. The predicted molar refractivity (Wildman–Crippen MR) is 55.4 cm³/mol. The SMILES string of the molecule is CCC(Br)c1ccc(C(=O)O)cc1.